The van der Waals surface area contributed by atoms with Gasteiger partial charge in [-0.2, -0.15) is 5.26 Å². The Labute approximate surface area is 96.4 Å². The maximum atomic E-state index is 8.60. The minimum Gasteiger partial charge on any atom is -0.302 e. The van der Waals surface area contributed by atoms with Crippen LogP contribution in [0.1, 0.15) is 27.2 Å². The van der Waals surface area contributed by atoms with E-state index >= 15 is 0 Å². The Bertz CT molecular complexity index is 186. The van der Waals surface area contributed by atoms with Gasteiger partial charge in [0.15, 0.2) is 0 Å². The lowest BCUT2D eigenvalue weighted by molar-refractivity contribution is 0.205. The van der Waals surface area contributed by atoms with Gasteiger partial charge in [0.05, 0.1) is 12.5 Å². The molecule has 0 aromatic heterocycles. The van der Waals surface area contributed by atoms with E-state index in [1.807, 2.05) is 0 Å². The fraction of sp³-hybridized carbons (Fsp3) is 0.909. The fourth-order valence-corrected chi connectivity index (χ4v) is 2.23. The molecule has 0 saturated heterocycles. The molecule has 0 radical (unpaired) electrons. The van der Waals surface area contributed by atoms with Crippen molar-refractivity contribution in [3.63, 3.8) is 0 Å². The number of alkyl halides is 1. The third kappa shape index (κ3) is 4.97. The van der Waals surface area contributed by atoms with Crippen LogP contribution in [0.2, 0.25) is 0 Å². The third-order valence-electron chi connectivity index (χ3n) is 2.80. The van der Waals surface area contributed by atoms with Crippen LogP contribution >= 0.6 is 15.9 Å². The monoisotopic (exact) mass is 260 g/mol. The van der Waals surface area contributed by atoms with Crippen LogP contribution in [0.25, 0.3) is 0 Å². The molecule has 2 atom stereocenters. The van der Waals surface area contributed by atoms with Gasteiger partial charge in [-0.3, -0.25) is 0 Å². The van der Waals surface area contributed by atoms with Crippen LogP contribution in [0.3, 0.4) is 0 Å². The van der Waals surface area contributed by atoms with Crippen molar-refractivity contribution in [1.29, 1.82) is 5.26 Å². The van der Waals surface area contributed by atoms with Crippen molar-refractivity contribution in [2.24, 2.45) is 11.8 Å². The molecule has 0 amide bonds. The van der Waals surface area contributed by atoms with Gasteiger partial charge in [0.25, 0.3) is 0 Å². The van der Waals surface area contributed by atoms with Gasteiger partial charge in [-0.05, 0) is 25.8 Å². The number of nitriles is 1. The van der Waals surface area contributed by atoms with E-state index in [0.29, 0.717) is 24.3 Å². The minimum atomic E-state index is 0.361. The van der Waals surface area contributed by atoms with Gasteiger partial charge in [-0.25, -0.2) is 0 Å². The van der Waals surface area contributed by atoms with E-state index in [1.54, 1.807) is 0 Å². The van der Waals surface area contributed by atoms with Gasteiger partial charge in [-0.15, -0.1) is 0 Å². The zero-order chi connectivity index (χ0) is 11.1. The third-order valence-corrected chi connectivity index (χ3v) is 3.63. The van der Waals surface area contributed by atoms with Crippen molar-refractivity contribution in [3.8, 4) is 6.07 Å². The lowest BCUT2D eigenvalue weighted by atomic mass is 9.97. The second-order valence-corrected chi connectivity index (χ2v) is 4.96. The lowest BCUT2D eigenvalue weighted by Gasteiger charge is -2.28. The average Bonchev–Trinajstić information content (AvgIpc) is 2.13. The van der Waals surface area contributed by atoms with E-state index in [1.165, 1.54) is 0 Å². The molecule has 82 valence electrons. The average molecular weight is 261 g/mol. The number of halogens is 1. The Morgan fingerprint density at radius 2 is 1.93 bits per heavy atom. The molecule has 0 aliphatic heterocycles. The van der Waals surface area contributed by atoms with Gasteiger partial charge in [0.1, 0.15) is 0 Å². The number of nitrogens with zero attached hydrogens (tertiary/aromatic N) is 2. The van der Waals surface area contributed by atoms with E-state index in [9.17, 15) is 0 Å². The second kappa shape index (κ2) is 7.25. The number of hydrogen-bond donors (Lipinski definition) is 0. The van der Waals surface area contributed by atoms with Crippen LogP contribution in [0.15, 0.2) is 0 Å². The molecule has 0 aromatic rings. The van der Waals surface area contributed by atoms with Crippen LogP contribution in [-0.2, 0) is 0 Å². The van der Waals surface area contributed by atoms with Gasteiger partial charge >= 0.3 is 0 Å². The highest BCUT2D eigenvalue weighted by Gasteiger charge is 2.17. The van der Waals surface area contributed by atoms with Crippen LogP contribution in [-0.4, -0.2) is 29.9 Å². The summed E-state index contributed by atoms with van der Waals surface area (Å²) >= 11 is 3.54. The minimum absolute atomic E-state index is 0.361. The molecule has 0 saturated carbocycles. The molecule has 0 bridgehead atoms. The molecule has 3 heteroatoms. The Balaban J connectivity index is 4.02. The molecule has 2 unspecified atom stereocenters. The summed E-state index contributed by atoms with van der Waals surface area (Å²) in [5.74, 6) is 1.35. The van der Waals surface area contributed by atoms with Crippen LogP contribution in [0.5, 0.6) is 0 Å². The summed E-state index contributed by atoms with van der Waals surface area (Å²) in [6.45, 7) is 7.66. The number of hydrogen-bond acceptors (Lipinski definition) is 2. The van der Waals surface area contributed by atoms with Gasteiger partial charge in [0.2, 0.25) is 0 Å². The first-order valence-electron chi connectivity index (χ1n) is 5.16. The van der Waals surface area contributed by atoms with Crippen LogP contribution < -0.4 is 0 Å². The van der Waals surface area contributed by atoms with Gasteiger partial charge < -0.3 is 4.90 Å². The molecule has 0 spiro atoms. The van der Waals surface area contributed by atoms with Crippen LogP contribution in [0.4, 0.5) is 0 Å². The quantitative estimate of drug-likeness (QED) is 0.687. The fourth-order valence-electron chi connectivity index (χ4n) is 1.28. The summed E-state index contributed by atoms with van der Waals surface area (Å²) in [6, 6.07) is 2.58. The molecule has 0 aliphatic carbocycles. The van der Waals surface area contributed by atoms with E-state index in [4.69, 9.17) is 5.26 Å². The SMILES string of the molecule is CC(C)C(CBr)CN(C)C(C)CC#N. The van der Waals surface area contributed by atoms with E-state index in [-0.39, 0.29) is 0 Å². The molecule has 0 heterocycles. The summed E-state index contributed by atoms with van der Waals surface area (Å²) in [4.78, 5) is 2.27. The number of rotatable bonds is 6. The molecular formula is C11H21BrN2. The van der Waals surface area contributed by atoms with Crippen LogP contribution in [0, 0.1) is 23.2 Å². The zero-order valence-corrected chi connectivity index (χ0v) is 11.2. The van der Waals surface area contributed by atoms with Crippen molar-refractivity contribution in [2.75, 3.05) is 18.9 Å². The smallest absolute Gasteiger partial charge is 0.0638 e. The van der Waals surface area contributed by atoms with Crippen molar-refractivity contribution >= 4 is 15.9 Å². The summed E-state index contributed by atoms with van der Waals surface area (Å²) in [6.07, 6.45) is 0.615. The van der Waals surface area contributed by atoms with E-state index < -0.39 is 0 Å². The first-order chi connectivity index (χ1) is 6.52. The standard InChI is InChI=1S/C11H21BrN2/c1-9(2)11(7-12)8-14(4)10(3)5-6-13/h9-11H,5,7-8H2,1-4H3. The van der Waals surface area contributed by atoms with Crippen molar-refractivity contribution < 1.29 is 0 Å². The Morgan fingerprint density at radius 3 is 2.29 bits per heavy atom. The Kier molecular flexibility index (Phi) is 7.22. The predicted molar refractivity (Wildman–Crippen MR) is 64.4 cm³/mol. The highest BCUT2D eigenvalue weighted by molar-refractivity contribution is 9.09. The summed E-state index contributed by atoms with van der Waals surface area (Å²) < 4.78 is 0. The molecule has 14 heavy (non-hydrogen) atoms. The first-order valence-corrected chi connectivity index (χ1v) is 6.28. The van der Waals surface area contributed by atoms with E-state index in [0.717, 1.165) is 11.9 Å². The summed E-state index contributed by atoms with van der Waals surface area (Å²) in [7, 11) is 2.10. The second-order valence-electron chi connectivity index (χ2n) is 4.31. The highest BCUT2D eigenvalue weighted by Crippen LogP contribution is 2.16. The van der Waals surface area contributed by atoms with Crippen molar-refractivity contribution in [1.82, 2.24) is 4.90 Å². The molecule has 0 aliphatic rings. The van der Waals surface area contributed by atoms with E-state index in [2.05, 4.69) is 54.7 Å². The summed E-state index contributed by atoms with van der Waals surface area (Å²) in [5.41, 5.74) is 0. The van der Waals surface area contributed by atoms with Crippen molar-refractivity contribution in [3.05, 3.63) is 0 Å². The Hall–Kier alpha value is -0.0700. The highest BCUT2D eigenvalue weighted by atomic mass is 79.9. The van der Waals surface area contributed by atoms with Gasteiger partial charge in [-0.1, -0.05) is 29.8 Å². The topological polar surface area (TPSA) is 27.0 Å². The summed E-state index contributed by atoms with van der Waals surface area (Å²) in [5, 5.41) is 9.64. The zero-order valence-electron chi connectivity index (χ0n) is 9.63. The van der Waals surface area contributed by atoms with Gasteiger partial charge in [0, 0.05) is 17.9 Å². The molecule has 0 rings (SSSR count). The molecule has 0 aromatic carbocycles. The Morgan fingerprint density at radius 1 is 1.36 bits per heavy atom. The maximum absolute atomic E-state index is 8.60. The first kappa shape index (κ1) is 13.9. The largest absolute Gasteiger partial charge is 0.302 e. The lowest BCUT2D eigenvalue weighted by Crippen LogP contribution is -2.35. The molecule has 0 N–H and O–H groups in total. The predicted octanol–water partition coefficient (Wildman–Crippen LogP) is 2.89. The maximum Gasteiger partial charge on any atom is 0.0638 e. The molecule has 0 fully saturated rings. The molecule has 2 nitrogen and oxygen atoms in total. The molecular weight excluding hydrogens is 240 g/mol. The normalized spacial score (nSPS) is 15.6. The van der Waals surface area contributed by atoms with Crippen molar-refractivity contribution in [2.45, 2.75) is 33.2 Å².